The first-order valence-corrected chi connectivity index (χ1v) is 9.03. The normalized spacial score (nSPS) is 10.6. The first kappa shape index (κ1) is 20.4. The van der Waals surface area contributed by atoms with E-state index in [1.807, 2.05) is 19.9 Å². The van der Waals surface area contributed by atoms with Crippen molar-refractivity contribution in [2.45, 2.75) is 34.2 Å². The average molecular weight is 370 g/mol. The molecule has 0 aliphatic heterocycles. The molecule has 0 bridgehead atoms. The number of esters is 1. The van der Waals surface area contributed by atoms with E-state index in [1.165, 1.54) is 4.90 Å². The van der Waals surface area contributed by atoms with Crippen molar-refractivity contribution in [3.05, 3.63) is 58.4 Å². The van der Waals surface area contributed by atoms with Gasteiger partial charge >= 0.3 is 5.97 Å². The average Bonchev–Trinajstić information content (AvgIpc) is 2.91. The van der Waals surface area contributed by atoms with E-state index in [4.69, 9.17) is 4.74 Å². The summed E-state index contributed by atoms with van der Waals surface area (Å²) in [6.45, 7) is 7.97. The Hall–Kier alpha value is -2.89. The number of Topliss-reactive ketones (excluding diaryl/α,β-unsaturated/α-hetero) is 1. The lowest BCUT2D eigenvalue weighted by Gasteiger charge is -2.16. The van der Waals surface area contributed by atoms with Crippen LogP contribution >= 0.6 is 0 Å². The minimum atomic E-state index is -0.437. The summed E-state index contributed by atoms with van der Waals surface area (Å²) in [7, 11) is 1.60. The maximum atomic E-state index is 12.9. The molecule has 144 valence electrons. The molecular formula is C21H26N2O4. The highest BCUT2D eigenvalue weighted by molar-refractivity contribution is 6.05. The second-order valence-electron chi connectivity index (χ2n) is 6.35. The fourth-order valence-corrected chi connectivity index (χ4v) is 3.33. The fraction of sp³-hybridized carbons (Fsp3) is 0.381. The van der Waals surface area contributed by atoms with Crippen LogP contribution in [0.5, 0.6) is 0 Å². The number of likely N-dealkylation sites (N-methyl/N-ethyl adjacent to an activating group) is 1. The Balaban J connectivity index is 2.31. The van der Waals surface area contributed by atoms with Gasteiger partial charge < -0.3 is 14.2 Å². The maximum Gasteiger partial charge on any atom is 0.355 e. The number of benzene rings is 1. The molecule has 0 atom stereocenters. The summed E-state index contributed by atoms with van der Waals surface area (Å²) >= 11 is 0. The summed E-state index contributed by atoms with van der Waals surface area (Å²) in [4.78, 5) is 39.2. The molecule has 2 aromatic rings. The van der Waals surface area contributed by atoms with Crippen molar-refractivity contribution in [3.63, 3.8) is 0 Å². The second-order valence-corrected chi connectivity index (χ2v) is 6.35. The number of amides is 1. The Morgan fingerprint density at radius 3 is 2.26 bits per heavy atom. The number of nitrogens with zero attached hydrogens (tertiary/aromatic N) is 2. The molecule has 1 aromatic heterocycles. The van der Waals surface area contributed by atoms with Crippen LogP contribution in [0.3, 0.4) is 0 Å². The lowest BCUT2D eigenvalue weighted by molar-refractivity contribution is 0.0512. The Kier molecular flexibility index (Phi) is 6.55. The van der Waals surface area contributed by atoms with Gasteiger partial charge in [0.15, 0.2) is 5.78 Å². The summed E-state index contributed by atoms with van der Waals surface area (Å²) in [5.74, 6) is -0.859. The molecule has 0 spiro atoms. The van der Waals surface area contributed by atoms with Crippen molar-refractivity contribution in [3.8, 4) is 0 Å². The van der Waals surface area contributed by atoms with Crippen LogP contribution in [0.2, 0.25) is 0 Å². The van der Waals surface area contributed by atoms with Gasteiger partial charge in [0.25, 0.3) is 5.91 Å². The molecule has 27 heavy (non-hydrogen) atoms. The van der Waals surface area contributed by atoms with Gasteiger partial charge in [0, 0.05) is 30.4 Å². The molecule has 1 aromatic carbocycles. The van der Waals surface area contributed by atoms with Crippen molar-refractivity contribution < 1.29 is 19.1 Å². The number of carbonyl (C=O) groups excluding carboxylic acids is 3. The number of rotatable bonds is 7. The van der Waals surface area contributed by atoms with E-state index in [0.29, 0.717) is 34.6 Å². The zero-order valence-corrected chi connectivity index (χ0v) is 16.5. The molecule has 6 heteroatoms. The topological polar surface area (TPSA) is 68.6 Å². The quantitative estimate of drug-likeness (QED) is 0.554. The molecule has 0 aliphatic carbocycles. The minimum Gasteiger partial charge on any atom is -0.461 e. The van der Waals surface area contributed by atoms with Crippen molar-refractivity contribution in [2.75, 3.05) is 20.2 Å². The SMILES string of the molecule is CCOC(=O)c1c(C)c(C(=O)CN(C)C(=O)c2ccccc2)c(C)n1CC. The Morgan fingerprint density at radius 1 is 1.07 bits per heavy atom. The van der Waals surface area contributed by atoms with Crippen LogP contribution in [0.1, 0.15) is 56.3 Å². The number of ketones is 1. The maximum absolute atomic E-state index is 12.9. The number of aromatic nitrogens is 1. The third-order valence-corrected chi connectivity index (χ3v) is 4.58. The molecule has 0 radical (unpaired) electrons. The standard InChI is InChI=1S/C21H26N2O4/c1-6-23-15(4)18(14(3)19(23)21(26)27-7-2)17(24)13-22(5)20(25)16-11-9-8-10-12-16/h8-12H,6-7,13H2,1-5H3. The van der Waals surface area contributed by atoms with Crippen LogP contribution in [0.15, 0.2) is 30.3 Å². The van der Waals surface area contributed by atoms with Crippen LogP contribution < -0.4 is 0 Å². The van der Waals surface area contributed by atoms with E-state index in [1.54, 1.807) is 49.7 Å². The van der Waals surface area contributed by atoms with Gasteiger partial charge in [-0.1, -0.05) is 18.2 Å². The molecule has 2 rings (SSSR count). The predicted molar refractivity (Wildman–Crippen MR) is 103 cm³/mol. The van der Waals surface area contributed by atoms with Crippen LogP contribution in [0.25, 0.3) is 0 Å². The molecule has 0 saturated carbocycles. The smallest absolute Gasteiger partial charge is 0.355 e. The van der Waals surface area contributed by atoms with Gasteiger partial charge in [-0.15, -0.1) is 0 Å². The van der Waals surface area contributed by atoms with Gasteiger partial charge in [-0.25, -0.2) is 4.79 Å². The first-order valence-electron chi connectivity index (χ1n) is 9.03. The molecule has 1 heterocycles. The lowest BCUT2D eigenvalue weighted by atomic mass is 10.0. The Bertz CT molecular complexity index is 853. The fourth-order valence-electron chi connectivity index (χ4n) is 3.33. The lowest BCUT2D eigenvalue weighted by Crippen LogP contribution is -2.32. The van der Waals surface area contributed by atoms with E-state index >= 15 is 0 Å². The second kappa shape index (κ2) is 8.66. The van der Waals surface area contributed by atoms with Crippen LogP contribution in [-0.2, 0) is 11.3 Å². The van der Waals surface area contributed by atoms with Gasteiger partial charge in [-0.05, 0) is 45.4 Å². The van der Waals surface area contributed by atoms with Crippen molar-refractivity contribution >= 4 is 17.7 Å². The first-order chi connectivity index (χ1) is 12.8. The molecule has 6 nitrogen and oxygen atoms in total. The van der Waals surface area contributed by atoms with E-state index in [2.05, 4.69) is 0 Å². The van der Waals surface area contributed by atoms with Crippen LogP contribution in [0, 0.1) is 13.8 Å². The largest absolute Gasteiger partial charge is 0.461 e. The molecule has 1 amide bonds. The van der Waals surface area contributed by atoms with E-state index in [0.717, 1.165) is 0 Å². The number of hydrogen-bond acceptors (Lipinski definition) is 4. The Labute approximate surface area is 159 Å². The summed E-state index contributed by atoms with van der Waals surface area (Å²) in [6.07, 6.45) is 0. The highest BCUT2D eigenvalue weighted by atomic mass is 16.5. The zero-order valence-electron chi connectivity index (χ0n) is 16.5. The van der Waals surface area contributed by atoms with E-state index in [-0.39, 0.29) is 24.8 Å². The highest BCUT2D eigenvalue weighted by Crippen LogP contribution is 2.24. The molecule has 0 unspecified atom stereocenters. The summed E-state index contributed by atoms with van der Waals surface area (Å²) in [5, 5.41) is 0. The number of ether oxygens (including phenoxy) is 1. The molecule has 0 saturated heterocycles. The van der Waals surface area contributed by atoms with Crippen LogP contribution in [0.4, 0.5) is 0 Å². The molecule has 0 N–H and O–H groups in total. The van der Waals surface area contributed by atoms with Gasteiger partial charge in [0.1, 0.15) is 5.69 Å². The third kappa shape index (κ3) is 4.10. The van der Waals surface area contributed by atoms with Crippen LogP contribution in [-0.4, -0.2) is 47.3 Å². The van der Waals surface area contributed by atoms with Gasteiger partial charge in [-0.2, -0.15) is 0 Å². The molecule has 0 aliphatic rings. The number of carbonyl (C=O) groups is 3. The van der Waals surface area contributed by atoms with E-state index in [9.17, 15) is 14.4 Å². The third-order valence-electron chi connectivity index (χ3n) is 4.58. The summed E-state index contributed by atoms with van der Waals surface area (Å²) in [6, 6.07) is 8.83. The summed E-state index contributed by atoms with van der Waals surface area (Å²) < 4.78 is 6.93. The zero-order chi connectivity index (χ0) is 20.1. The summed E-state index contributed by atoms with van der Waals surface area (Å²) in [5.41, 5.74) is 2.71. The van der Waals surface area contributed by atoms with Crippen molar-refractivity contribution in [2.24, 2.45) is 0 Å². The van der Waals surface area contributed by atoms with Gasteiger partial charge in [0.2, 0.25) is 0 Å². The molecule has 0 fully saturated rings. The molecular weight excluding hydrogens is 344 g/mol. The van der Waals surface area contributed by atoms with Gasteiger partial charge in [0.05, 0.1) is 13.2 Å². The minimum absolute atomic E-state index is 0.0641. The van der Waals surface area contributed by atoms with E-state index < -0.39 is 5.97 Å². The highest BCUT2D eigenvalue weighted by Gasteiger charge is 2.27. The monoisotopic (exact) mass is 370 g/mol. The predicted octanol–water partition coefficient (Wildman–Crippen LogP) is 3.26. The van der Waals surface area contributed by atoms with Crippen molar-refractivity contribution in [1.82, 2.24) is 9.47 Å². The van der Waals surface area contributed by atoms with Crippen molar-refractivity contribution in [1.29, 1.82) is 0 Å². The van der Waals surface area contributed by atoms with Gasteiger partial charge in [-0.3, -0.25) is 9.59 Å². The Morgan fingerprint density at radius 2 is 1.70 bits per heavy atom. The number of hydrogen-bond donors (Lipinski definition) is 0.